The highest BCUT2D eigenvalue weighted by Gasteiger charge is 2.12. The number of hydrogen-bond acceptors (Lipinski definition) is 4. The fraction of sp³-hybridized carbons (Fsp3) is 0.222. The Labute approximate surface area is 139 Å². The highest BCUT2D eigenvalue weighted by atomic mass is 19.1. The highest BCUT2D eigenvalue weighted by molar-refractivity contribution is 5.77. The predicted octanol–water partition coefficient (Wildman–Crippen LogP) is 2.74. The van der Waals surface area contributed by atoms with Gasteiger partial charge in [-0.15, -0.1) is 0 Å². The SMILES string of the molecule is COc1cc(C#N)ccc1OCC(=O)N(C)Cc1ccc(F)cc1. The Kier molecular flexibility index (Phi) is 5.74. The maximum absolute atomic E-state index is 12.9. The molecule has 0 atom stereocenters. The molecule has 124 valence electrons. The topological polar surface area (TPSA) is 62.6 Å². The van der Waals surface area contributed by atoms with Gasteiger partial charge in [0, 0.05) is 19.7 Å². The number of carbonyl (C=O) groups excluding carboxylic acids is 1. The highest BCUT2D eigenvalue weighted by Crippen LogP contribution is 2.27. The van der Waals surface area contributed by atoms with Gasteiger partial charge < -0.3 is 14.4 Å². The van der Waals surface area contributed by atoms with Crippen molar-refractivity contribution >= 4 is 5.91 Å². The molecule has 5 nitrogen and oxygen atoms in total. The first kappa shape index (κ1) is 17.3. The Morgan fingerprint density at radius 3 is 2.54 bits per heavy atom. The third kappa shape index (κ3) is 4.46. The lowest BCUT2D eigenvalue weighted by Crippen LogP contribution is -2.31. The number of carbonyl (C=O) groups is 1. The van der Waals surface area contributed by atoms with Crippen LogP contribution < -0.4 is 9.47 Å². The summed E-state index contributed by atoms with van der Waals surface area (Å²) in [6, 6.07) is 12.7. The Bertz CT molecular complexity index is 754. The van der Waals surface area contributed by atoms with Gasteiger partial charge in [0.15, 0.2) is 18.1 Å². The smallest absolute Gasteiger partial charge is 0.260 e. The van der Waals surface area contributed by atoms with E-state index >= 15 is 0 Å². The van der Waals surface area contributed by atoms with Crippen molar-refractivity contribution in [3.05, 3.63) is 59.4 Å². The minimum Gasteiger partial charge on any atom is -0.493 e. The largest absolute Gasteiger partial charge is 0.493 e. The van der Waals surface area contributed by atoms with Crippen LogP contribution >= 0.6 is 0 Å². The molecule has 0 fully saturated rings. The minimum atomic E-state index is -0.316. The number of ether oxygens (including phenoxy) is 2. The molecule has 0 saturated heterocycles. The zero-order valence-electron chi connectivity index (χ0n) is 13.5. The molecule has 24 heavy (non-hydrogen) atoms. The summed E-state index contributed by atoms with van der Waals surface area (Å²) in [6.07, 6.45) is 0. The summed E-state index contributed by atoms with van der Waals surface area (Å²) < 4.78 is 23.5. The minimum absolute atomic E-state index is 0.167. The molecule has 0 aromatic heterocycles. The van der Waals surface area contributed by atoms with Crippen molar-refractivity contribution in [1.29, 1.82) is 5.26 Å². The van der Waals surface area contributed by atoms with E-state index in [0.717, 1.165) is 5.56 Å². The second-order valence-corrected chi connectivity index (χ2v) is 5.14. The van der Waals surface area contributed by atoms with Crippen molar-refractivity contribution in [1.82, 2.24) is 4.90 Å². The van der Waals surface area contributed by atoms with Gasteiger partial charge in [0.05, 0.1) is 18.7 Å². The van der Waals surface area contributed by atoms with E-state index in [1.54, 1.807) is 37.4 Å². The van der Waals surface area contributed by atoms with E-state index in [-0.39, 0.29) is 18.3 Å². The molecule has 2 aromatic rings. The number of hydrogen-bond donors (Lipinski definition) is 0. The van der Waals surface area contributed by atoms with Gasteiger partial charge in [0.2, 0.25) is 0 Å². The average molecular weight is 328 g/mol. The zero-order chi connectivity index (χ0) is 17.5. The monoisotopic (exact) mass is 328 g/mol. The van der Waals surface area contributed by atoms with Crippen molar-refractivity contribution in [2.75, 3.05) is 20.8 Å². The van der Waals surface area contributed by atoms with Crippen molar-refractivity contribution in [3.63, 3.8) is 0 Å². The molecule has 1 amide bonds. The van der Waals surface area contributed by atoms with E-state index in [4.69, 9.17) is 14.7 Å². The van der Waals surface area contributed by atoms with Crippen molar-refractivity contribution in [3.8, 4) is 17.6 Å². The third-order valence-corrected chi connectivity index (χ3v) is 3.40. The molecule has 0 radical (unpaired) electrons. The lowest BCUT2D eigenvalue weighted by Gasteiger charge is -2.18. The fourth-order valence-corrected chi connectivity index (χ4v) is 2.06. The molecule has 6 heteroatoms. The van der Waals surface area contributed by atoms with Crippen LogP contribution in [0.1, 0.15) is 11.1 Å². The summed E-state index contributed by atoms with van der Waals surface area (Å²) in [5, 5.41) is 8.87. The van der Waals surface area contributed by atoms with Crippen LogP contribution in [0.4, 0.5) is 4.39 Å². The molecule has 0 N–H and O–H groups in total. The molecule has 0 saturated carbocycles. The van der Waals surface area contributed by atoms with Crippen molar-refractivity contribution in [2.45, 2.75) is 6.54 Å². The van der Waals surface area contributed by atoms with Gasteiger partial charge in [-0.1, -0.05) is 12.1 Å². The number of benzene rings is 2. The summed E-state index contributed by atoms with van der Waals surface area (Å²) in [5.74, 6) is 0.234. The van der Waals surface area contributed by atoms with Crippen LogP contribution in [0, 0.1) is 17.1 Å². The third-order valence-electron chi connectivity index (χ3n) is 3.40. The van der Waals surface area contributed by atoms with Gasteiger partial charge in [-0.3, -0.25) is 4.79 Å². The predicted molar refractivity (Wildman–Crippen MR) is 86.1 cm³/mol. The molecular weight excluding hydrogens is 311 g/mol. The Morgan fingerprint density at radius 2 is 1.92 bits per heavy atom. The normalized spacial score (nSPS) is 9.92. The summed E-state index contributed by atoms with van der Waals surface area (Å²) >= 11 is 0. The quantitative estimate of drug-likeness (QED) is 0.818. The molecule has 0 heterocycles. The number of nitriles is 1. The van der Waals surface area contributed by atoms with E-state index in [9.17, 15) is 9.18 Å². The van der Waals surface area contributed by atoms with E-state index in [1.165, 1.54) is 24.1 Å². The molecule has 2 rings (SSSR count). The van der Waals surface area contributed by atoms with Crippen LogP contribution in [-0.2, 0) is 11.3 Å². The Morgan fingerprint density at radius 1 is 1.21 bits per heavy atom. The van der Waals surface area contributed by atoms with Gasteiger partial charge >= 0.3 is 0 Å². The first-order chi connectivity index (χ1) is 11.5. The van der Waals surface area contributed by atoms with E-state index in [1.807, 2.05) is 6.07 Å². The zero-order valence-corrected chi connectivity index (χ0v) is 13.5. The number of halogens is 1. The Balaban J connectivity index is 1.95. The molecule has 0 spiro atoms. The van der Waals surface area contributed by atoms with Crippen LogP contribution in [0.5, 0.6) is 11.5 Å². The standard InChI is InChI=1S/C18H17FN2O3/c1-21(11-13-3-6-15(19)7-4-13)18(22)12-24-16-8-5-14(10-20)9-17(16)23-2/h3-9H,11-12H2,1-2H3. The van der Waals surface area contributed by atoms with Crippen molar-refractivity contribution < 1.29 is 18.7 Å². The second kappa shape index (κ2) is 7.97. The number of methoxy groups -OCH3 is 1. The lowest BCUT2D eigenvalue weighted by molar-refractivity contribution is -0.132. The first-order valence-corrected chi connectivity index (χ1v) is 7.23. The first-order valence-electron chi connectivity index (χ1n) is 7.23. The molecule has 0 aliphatic rings. The van der Waals surface area contributed by atoms with E-state index in [2.05, 4.69) is 0 Å². The maximum atomic E-state index is 12.9. The number of nitrogens with zero attached hydrogens (tertiary/aromatic N) is 2. The molecule has 2 aromatic carbocycles. The van der Waals surface area contributed by atoms with E-state index in [0.29, 0.717) is 23.6 Å². The molecule has 0 aliphatic heterocycles. The molecule has 0 aliphatic carbocycles. The van der Waals surface area contributed by atoms with Crippen LogP contribution in [0.2, 0.25) is 0 Å². The van der Waals surface area contributed by atoms with Crippen LogP contribution in [0.25, 0.3) is 0 Å². The van der Waals surface area contributed by atoms with Gasteiger partial charge in [-0.05, 0) is 29.8 Å². The van der Waals surface area contributed by atoms with Crippen LogP contribution in [0.3, 0.4) is 0 Å². The summed E-state index contributed by atoms with van der Waals surface area (Å²) in [7, 11) is 3.11. The van der Waals surface area contributed by atoms with Crippen molar-refractivity contribution in [2.24, 2.45) is 0 Å². The average Bonchev–Trinajstić information content (AvgIpc) is 2.61. The molecular formula is C18H17FN2O3. The number of likely N-dealkylation sites (N-methyl/N-ethyl adjacent to an activating group) is 1. The maximum Gasteiger partial charge on any atom is 0.260 e. The van der Waals surface area contributed by atoms with Gasteiger partial charge in [-0.25, -0.2) is 4.39 Å². The van der Waals surface area contributed by atoms with Gasteiger partial charge in [0.25, 0.3) is 5.91 Å². The molecule has 0 bridgehead atoms. The van der Waals surface area contributed by atoms with Crippen LogP contribution in [0.15, 0.2) is 42.5 Å². The summed E-state index contributed by atoms with van der Waals surface area (Å²) in [6.45, 7) is 0.187. The molecule has 0 unspecified atom stereocenters. The fourth-order valence-electron chi connectivity index (χ4n) is 2.06. The number of amides is 1. The van der Waals surface area contributed by atoms with Crippen LogP contribution in [-0.4, -0.2) is 31.6 Å². The van der Waals surface area contributed by atoms with E-state index < -0.39 is 0 Å². The Hall–Kier alpha value is -3.07. The second-order valence-electron chi connectivity index (χ2n) is 5.14. The summed E-state index contributed by atoms with van der Waals surface area (Å²) in [4.78, 5) is 13.6. The number of rotatable bonds is 6. The lowest BCUT2D eigenvalue weighted by atomic mass is 10.2. The van der Waals surface area contributed by atoms with Gasteiger partial charge in [-0.2, -0.15) is 5.26 Å². The van der Waals surface area contributed by atoms with Gasteiger partial charge in [0.1, 0.15) is 5.82 Å². The summed E-state index contributed by atoms with van der Waals surface area (Å²) in [5.41, 5.74) is 1.27.